The molecule has 0 spiro atoms. The fourth-order valence-electron chi connectivity index (χ4n) is 3.99. The zero-order valence-corrected chi connectivity index (χ0v) is 13.7. The highest BCUT2D eigenvalue weighted by atomic mass is 16.1. The zero-order chi connectivity index (χ0) is 15.8. The lowest BCUT2D eigenvalue weighted by Gasteiger charge is -2.30. The van der Waals surface area contributed by atoms with Crippen molar-refractivity contribution >= 4 is 16.7 Å². The minimum atomic E-state index is 0.108. The van der Waals surface area contributed by atoms with E-state index in [1.165, 1.54) is 5.69 Å². The molecule has 2 saturated heterocycles. The molecule has 0 amide bonds. The predicted octanol–water partition coefficient (Wildman–Crippen LogP) is 0.674. The maximum atomic E-state index is 12.9. The average molecular weight is 315 g/mol. The Morgan fingerprint density at radius 3 is 2.70 bits per heavy atom. The third kappa shape index (κ3) is 2.46. The van der Waals surface area contributed by atoms with Gasteiger partial charge in [0.05, 0.1) is 22.8 Å². The number of imidazole rings is 1. The molecule has 0 bridgehead atoms. The second-order valence-electron chi connectivity index (χ2n) is 6.59. The Balaban J connectivity index is 1.86. The molecule has 0 aliphatic carbocycles. The lowest BCUT2D eigenvalue weighted by molar-refractivity contribution is 0.369. The van der Waals surface area contributed by atoms with E-state index in [1.807, 2.05) is 16.2 Å². The van der Waals surface area contributed by atoms with Crippen LogP contribution in [-0.2, 0) is 7.05 Å². The highest BCUT2D eigenvalue weighted by Crippen LogP contribution is 2.29. The second kappa shape index (κ2) is 6.02. The summed E-state index contributed by atoms with van der Waals surface area (Å²) in [6.07, 6.45) is 2.20. The number of aromatic nitrogens is 2. The standard InChI is InChI=1S/C17H25N5O/c1-20-16-14(21-10-8-18-9-11-21)5-2-6-15(16)22(17(20)23)13-4-3-7-19-12-13/h2,5-6,13,18-19H,3-4,7-12H2,1H3. The number of piperidine rings is 1. The number of nitrogens with zero attached hydrogens (tertiary/aromatic N) is 3. The average Bonchev–Trinajstić information content (AvgIpc) is 2.88. The molecule has 124 valence electrons. The number of hydrogen-bond donors (Lipinski definition) is 2. The van der Waals surface area contributed by atoms with Crippen LogP contribution in [0.15, 0.2) is 23.0 Å². The normalized spacial score (nSPS) is 22.7. The highest BCUT2D eigenvalue weighted by molar-refractivity contribution is 5.89. The Morgan fingerprint density at radius 2 is 1.96 bits per heavy atom. The molecule has 3 heterocycles. The Kier molecular flexibility index (Phi) is 3.87. The second-order valence-corrected chi connectivity index (χ2v) is 6.59. The van der Waals surface area contributed by atoms with Crippen LogP contribution in [0, 0.1) is 0 Å². The number of fused-ring (bicyclic) bond motifs is 1. The van der Waals surface area contributed by atoms with Crippen LogP contribution in [-0.4, -0.2) is 48.4 Å². The minimum absolute atomic E-state index is 0.108. The van der Waals surface area contributed by atoms with Crippen LogP contribution >= 0.6 is 0 Å². The van der Waals surface area contributed by atoms with Gasteiger partial charge in [-0.1, -0.05) is 6.07 Å². The summed E-state index contributed by atoms with van der Waals surface area (Å²) in [5, 5.41) is 6.82. The Labute approximate surface area is 136 Å². The van der Waals surface area contributed by atoms with Gasteiger partial charge in [0, 0.05) is 39.8 Å². The first-order chi connectivity index (χ1) is 11.3. The topological polar surface area (TPSA) is 54.2 Å². The van der Waals surface area contributed by atoms with Gasteiger partial charge in [0.25, 0.3) is 0 Å². The van der Waals surface area contributed by atoms with E-state index in [-0.39, 0.29) is 11.7 Å². The van der Waals surface area contributed by atoms with Crippen molar-refractivity contribution in [2.75, 3.05) is 44.2 Å². The van der Waals surface area contributed by atoms with Gasteiger partial charge in [0.2, 0.25) is 0 Å². The summed E-state index contributed by atoms with van der Waals surface area (Å²) in [6.45, 7) is 5.92. The number of benzene rings is 1. The van der Waals surface area contributed by atoms with E-state index in [0.717, 1.165) is 63.1 Å². The molecule has 1 unspecified atom stereocenters. The number of nitrogens with one attached hydrogen (secondary N) is 2. The summed E-state index contributed by atoms with van der Waals surface area (Å²) < 4.78 is 3.84. The van der Waals surface area contributed by atoms with Crippen molar-refractivity contribution in [2.45, 2.75) is 18.9 Å². The number of aryl methyl sites for hydroxylation is 1. The smallest absolute Gasteiger partial charge is 0.329 e. The lowest BCUT2D eigenvalue weighted by atomic mass is 10.1. The molecule has 2 aromatic rings. The third-order valence-corrected chi connectivity index (χ3v) is 5.18. The third-order valence-electron chi connectivity index (χ3n) is 5.18. The fraction of sp³-hybridized carbons (Fsp3) is 0.588. The summed E-state index contributed by atoms with van der Waals surface area (Å²) >= 11 is 0. The van der Waals surface area contributed by atoms with Crippen LogP contribution in [0.5, 0.6) is 0 Å². The van der Waals surface area contributed by atoms with Gasteiger partial charge in [0.1, 0.15) is 0 Å². The van der Waals surface area contributed by atoms with Crippen molar-refractivity contribution in [2.24, 2.45) is 7.05 Å². The summed E-state index contributed by atoms with van der Waals surface area (Å²) in [6, 6.07) is 6.60. The van der Waals surface area contributed by atoms with E-state index in [9.17, 15) is 4.79 Å². The van der Waals surface area contributed by atoms with Gasteiger partial charge in [-0.25, -0.2) is 4.79 Å². The van der Waals surface area contributed by atoms with Gasteiger partial charge in [-0.15, -0.1) is 0 Å². The summed E-state index contributed by atoms with van der Waals surface area (Å²) in [5.74, 6) is 0. The number of piperazine rings is 1. The van der Waals surface area contributed by atoms with E-state index in [1.54, 1.807) is 0 Å². The molecule has 0 saturated carbocycles. The van der Waals surface area contributed by atoms with Crippen molar-refractivity contribution in [3.8, 4) is 0 Å². The van der Waals surface area contributed by atoms with Crippen LogP contribution in [0.2, 0.25) is 0 Å². The van der Waals surface area contributed by atoms with Gasteiger partial charge in [-0.2, -0.15) is 0 Å². The molecule has 2 aliphatic heterocycles. The Morgan fingerprint density at radius 1 is 1.13 bits per heavy atom. The van der Waals surface area contributed by atoms with Crippen LogP contribution in [0.1, 0.15) is 18.9 Å². The van der Waals surface area contributed by atoms with Crippen LogP contribution in [0.3, 0.4) is 0 Å². The summed E-state index contributed by atoms with van der Waals surface area (Å²) in [5.41, 5.74) is 3.44. The predicted molar refractivity (Wildman–Crippen MR) is 93.4 cm³/mol. The zero-order valence-electron chi connectivity index (χ0n) is 13.7. The minimum Gasteiger partial charge on any atom is -0.367 e. The lowest BCUT2D eigenvalue weighted by Crippen LogP contribution is -2.43. The van der Waals surface area contributed by atoms with E-state index in [4.69, 9.17) is 0 Å². The van der Waals surface area contributed by atoms with E-state index in [0.29, 0.717) is 0 Å². The maximum Gasteiger partial charge on any atom is 0.329 e. The first-order valence-corrected chi connectivity index (χ1v) is 8.63. The number of anilines is 1. The summed E-state index contributed by atoms with van der Waals surface area (Å²) in [4.78, 5) is 15.3. The fourth-order valence-corrected chi connectivity index (χ4v) is 3.99. The molecule has 1 aromatic carbocycles. The van der Waals surface area contributed by atoms with E-state index in [2.05, 4.69) is 33.7 Å². The number of para-hydroxylation sites is 1. The first-order valence-electron chi connectivity index (χ1n) is 8.63. The van der Waals surface area contributed by atoms with Crippen LogP contribution < -0.4 is 21.2 Å². The van der Waals surface area contributed by atoms with Gasteiger partial charge in [0.15, 0.2) is 0 Å². The van der Waals surface area contributed by atoms with Crippen LogP contribution in [0.25, 0.3) is 11.0 Å². The van der Waals surface area contributed by atoms with Crippen molar-refractivity contribution in [3.05, 3.63) is 28.7 Å². The molecular formula is C17H25N5O. The quantitative estimate of drug-likeness (QED) is 0.855. The van der Waals surface area contributed by atoms with Gasteiger partial charge in [-0.05, 0) is 31.5 Å². The van der Waals surface area contributed by atoms with Gasteiger partial charge in [-0.3, -0.25) is 9.13 Å². The number of rotatable bonds is 2. The molecule has 6 nitrogen and oxygen atoms in total. The Bertz CT molecular complexity index is 750. The monoisotopic (exact) mass is 315 g/mol. The SMILES string of the molecule is Cn1c(=O)n(C2CCCNC2)c2cccc(N3CCNCC3)c21. The van der Waals surface area contributed by atoms with Crippen molar-refractivity contribution in [1.29, 1.82) is 0 Å². The highest BCUT2D eigenvalue weighted by Gasteiger charge is 2.24. The molecule has 1 aromatic heterocycles. The molecule has 1 atom stereocenters. The molecule has 2 N–H and O–H groups in total. The Hall–Kier alpha value is -1.79. The van der Waals surface area contributed by atoms with Crippen molar-refractivity contribution in [3.63, 3.8) is 0 Å². The molecule has 6 heteroatoms. The van der Waals surface area contributed by atoms with Crippen LogP contribution in [0.4, 0.5) is 5.69 Å². The van der Waals surface area contributed by atoms with Gasteiger partial charge >= 0.3 is 5.69 Å². The first kappa shape index (κ1) is 14.8. The molecule has 4 rings (SSSR count). The van der Waals surface area contributed by atoms with E-state index < -0.39 is 0 Å². The van der Waals surface area contributed by atoms with Crippen molar-refractivity contribution in [1.82, 2.24) is 19.8 Å². The number of hydrogen-bond acceptors (Lipinski definition) is 4. The molecule has 2 fully saturated rings. The summed E-state index contributed by atoms with van der Waals surface area (Å²) in [7, 11) is 1.91. The van der Waals surface area contributed by atoms with Gasteiger partial charge < -0.3 is 15.5 Å². The molecular weight excluding hydrogens is 290 g/mol. The molecule has 0 radical (unpaired) electrons. The molecule has 2 aliphatic rings. The molecule has 23 heavy (non-hydrogen) atoms. The van der Waals surface area contributed by atoms with Crippen molar-refractivity contribution < 1.29 is 0 Å². The maximum absolute atomic E-state index is 12.9. The largest absolute Gasteiger partial charge is 0.367 e. The van der Waals surface area contributed by atoms with E-state index >= 15 is 0 Å².